The van der Waals surface area contributed by atoms with Gasteiger partial charge in [-0.3, -0.25) is 0 Å². The van der Waals surface area contributed by atoms with Gasteiger partial charge in [-0.25, -0.2) is 4.99 Å². The fourth-order valence-electron chi connectivity index (χ4n) is 3.54. The van der Waals surface area contributed by atoms with Crippen molar-refractivity contribution in [2.24, 2.45) is 4.99 Å². The van der Waals surface area contributed by atoms with Crippen molar-refractivity contribution in [3.05, 3.63) is 83.9 Å². The van der Waals surface area contributed by atoms with Crippen LogP contribution in [0.25, 0.3) is 22.5 Å². The monoisotopic (exact) mass is 462 g/mol. The molecular formula is C29H22N2O4. The first-order chi connectivity index (χ1) is 17.2. The molecule has 6 nitrogen and oxygen atoms in total. The molecule has 1 heterocycles. The molecule has 0 saturated carbocycles. The van der Waals surface area contributed by atoms with Crippen molar-refractivity contribution in [1.82, 2.24) is 0 Å². The van der Waals surface area contributed by atoms with Gasteiger partial charge in [-0.1, -0.05) is 30.2 Å². The van der Waals surface area contributed by atoms with Gasteiger partial charge in [0.05, 0.1) is 14.2 Å². The highest BCUT2D eigenvalue weighted by Crippen LogP contribution is 2.43. The summed E-state index contributed by atoms with van der Waals surface area (Å²) in [4.78, 5) is 4.51. The third-order valence-corrected chi connectivity index (χ3v) is 5.24. The second kappa shape index (κ2) is 10.8. The Morgan fingerprint density at radius 1 is 0.914 bits per heavy atom. The van der Waals surface area contributed by atoms with E-state index >= 15 is 0 Å². The van der Waals surface area contributed by atoms with Crippen LogP contribution in [0, 0.1) is 23.7 Å². The minimum atomic E-state index is 0.174. The number of methoxy groups -OCH3 is 2. The molecule has 0 spiro atoms. The van der Waals surface area contributed by atoms with E-state index in [0.29, 0.717) is 28.4 Å². The fraction of sp³-hybridized carbons (Fsp3) is 0.103. The topological polar surface area (TPSA) is 77.0 Å². The molecule has 3 aromatic carbocycles. The standard InChI is InChI=1S/C29H22N2O4/c1-4-16-34-25-7-5-6-20(17-25)19-31-29-26(18-30)27(21-8-12-23(32-2)13-9-21)28(35-29)22-10-14-24(33-3)15-11-22/h1,5-15,17,19H,16H2,2-3H3. The van der Waals surface area contributed by atoms with Gasteiger partial charge in [0, 0.05) is 17.3 Å². The van der Waals surface area contributed by atoms with Crippen LogP contribution in [0.4, 0.5) is 5.88 Å². The van der Waals surface area contributed by atoms with Crippen molar-refractivity contribution in [3.63, 3.8) is 0 Å². The number of hydrogen-bond donors (Lipinski definition) is 0. The normalized spacial score (nSPS) is 10.5. The number of rotatable bonds is 8. The number of furan rings is 1. The van der Waals surface area contributed by atoms with E-state index in [-0.39, 0.29) is 12.5 Å². The number of nitriles is 1. The Labute approximate surface area is 204 Å². The Kier molecular flexibility index (Phi) is 7.16. The largest absolute Gasteiger partial charge is 0.497 e. The van der Waals surface area contributed by atoms with Gasteiger partial charge in [0.1, 0.15) is 41.2 Å². The van der Waals surface area contributed by atoms with Crippen molar-refractivity contribution in [2.45, 2.75) is 0 Å². The second-order valence-corrected chi connectivity index (χ2v) is 7.38. The molecule has 172 valence electrons. The minimum Gasteiger partial charge on any atom is -0.497 e. The number of terminal acetylenes is 1. The van der Waals surface area contributed by atoms with Gasteiger partial charge in [0.2, 0.25) is 5.88 Å². The quantitative estimate of drug-likeness (QED) is 0.228. The first kappa shape index (κ1) is 23.2. The second-order valence-electron chi connectivity index (χ2n) is 7.38. The molecule has 0 saturated heterocycles. The van der Waals surface area contributed by atoms with Crippen LogP contribution in [0.2, 0.25) is 0 Å². The summed E-state index contributed by atoms with van der Waals surface area (Å²) < 4.78 is 22.2. The Morgan fingerprint density at radius 3 is 2.17 bits per heavy atom. The number of hydrogen-bond acceptors (Lipinski definition) is 6. The van der Waals surface area contributed by atoms with E-state index in [9.17, 15) is 5.26 Å². The molecule has 0 amide bonds. The molecule has 0 aliphatic carbocycles. The Hall–Kier alpha value is -4.94. The maximum absolute atomic E-state index is 10.1. The van der Waals surface area contributed by atoms with Crippen molar-refractivity contribution in [1.29, 1.82) is 5.26 Å². The molecule has 0 aliphatic rings. The van der Waals surface area contributed by atoms with Crippen LogP contribution in [-0.4, -0.2) is 27.0 Å². The number of ether oxygens (including phenoxy) is 3. The minimum absolute atomic E-state index is 0.174. The summed E-state index contributed by atoms with van der Waals surface area (Å²) in [5, 5.41) is 10.1. The predicted molar refractivity (Wildman–Crippen MR) is 135 cm³/mol. The fourth-order valence-corrected chi connectivity index (χ4v) is 3.54. The average molecular weight is 463 g/mol. The van der Waals surface area contributed by atoms with E-state index in [1.165, 1.54) is 0 Å². The maximum Gasteiger partial charge on any atom is 0.238 e. The van der Waals surface area contributed by atoms with Crippen molar-refractivity contribution >= 4 is 12.1 Å². The first-order valence-electron chi connectivity index (χ1n) is 10.7. The molecule has 0 unspecified atom stereocenters. The van der Waals surface area contributed by atoms with Gasteiger partial charge in [0.25, 0.3) is 0 Å². The SMILES string of the molecule is C#CCOc1cccc(C=Nc2oc(-c3ccc(OC)cc3)c(-c3ccc(OC)cc3)c2C#N)c1. The van der Waals surface area contributed by atoms with Crippen LogP contribution in [0.5, 0.6) is 17.2 Å². The molecule has 4 rings (SSSR count). The van der Waals surface area contributed by atoms with Gasteiger partial charge in [-0.2, -0.15) is 5.26 Å². The average Bonchev–Trinajstić information content (AvgIpc) is 3.29. The molecule has 0 aliphatic heterocycles. The summed E-state index contributed by atoms with van der Waals surface area (Å²) in [5.74, 6) is 5.25. The van der Waals surface area contributed by atoms with E-state index < -0.39 is 0 Å². The van der Waals surface area contributed by atoms with Crippen molar-refractivity contribution in [3.8, 4) is 58.1 Å². The van der Waals surface area contributed by atoms with E-state index in [1.807, 2.05) is 72.8 Å². The van der Waals surface area contributed by atoms with E-state index in [1.54, 1.807) is 20.4 Å². The number of benzene rings is 3. The molecule has 0 N–H and O–H groups in total. The summed E-state index contributed by atoms with van der Waals surface area (Å²) in [7, 11) is 3.22. The van der Waals surface area contributed by atoms with Gasteiger partial charge >= 0.3 is 0 Å². The lowest BCUT2D eigenvalue weighted by Gasteiger charge is -2.06. The zero-order valence-electron chi connectivity index (χ0n) is 19.3. The highest BCUT2D eigenvalue weighted by atomic mass is 16.5. The molecule has 1 aromatic heterocycles. The van der Waals surface area contributed by atoms with Crippen LogP contribution in [0.1, 0.15) is 11.1 Å². The Morgan fingerprint density at radius 2 is 1.57 bits per heavy atom. The Balaban J connectivity index is 1.80. The lowest BCUT2D eigenvalue weighted by atomic mass is 9.98. The molecule has 0 fully saturated rings. The number of nitrogens with zero attached hydrogens (tertiary/aromatic N) is 2. The summed E-state index contributed by atoms with van der Waals surface area (Å²) in [6, 6.07) is 24.5. The molecule has 35 heavy (non-hydrogen) atoms. The first-order valence-corrected chi connectivity index (χ1v) is 10.7. The van der Waals surface area contributed by atoms with Crippen LogP contribution in [0.3, 0.4) is 0 Å². The van der Waals surface area contributed by atoms with Crippen LogP contribution in [-0.2, 0) is 0 Å². The highest BCUT2D eigenvalue weighted by Gasteiger charge is 2.23. The van der Waals surface area contributed by atoms with E-state index in [4.69, 9.17) is 25.1 Å². The van der Waals surface area contributed by atoms with Crippen LogP contribution >= 0.6 is 0 Å². The lowest BCUT2D eigenvalue weighted by Crippen LogP contribution is -1.93. The summed E-state index contributed by atoms with van der Waals surface area (Å²) in [6.45, 7) is 0.174. The third kappa shape index (κ3) is 5.19. The zero-order chi connectivity index (χ0) is 24.6. The number of aliphatic imine (C=N–C) groups is 1. The van der Waals surface area contributed by atoms with Crippen LogP contribution < -0.4 is 14.2 Å². The van der Waals surface area contributed by atoms with Gasteiger partial charge in [0.15, 0.2) is 0 Å². The molecule has 0 bridgehead atoms. The molecule has 0 atom stereocenters. The smallest absolute Gasteiger partial charge is 0.238 e. The lowest BCUT2D eigenvalue weighted by molar-refractivity contribution is 0.370. The van der Waals surface area contributed by atoms with Gasteiger partial charge in [-0.05, 0) is 59.7 Å². The Bertz CT molecular complexity index is 1420. The van der Waals surface area contributed by atoms with Gasteiger partial charge < -0.3 is 18.6 Å². The predicted octanol–water partition coefficient (Wildman–Crippen LogP) is 6.27. The van der Waals surface area contributed by atoms with Crippen LogP contribution in [0.15, 0.2) is 82.2 Å². The molecule has 0 radical (unpaired) electrons. The van der Waals surface area contributed by atoms with Crippen molar-refractivity contribution < 1.29 is 18.6 Å². The highest BCUT2D eigenvalue weighted by molar-refractivity contribution is 5.90. The van der Waals surface area contributed by atoms with Gasteiger partial charge in [-0.15, -0.1) is 6.42 Å². The van der Waals surface area contributed by atoms with E-state index in [0.717, 1.165) is 22.4 Å². The molecule has 4 aromatic rings. The summed E-state index contributed by atoms with van der Waals surface area (Å²) >= 11 is 0. The summed E-state index contributed by atoms with van der Waals surface area (Å²) in [5.41, 5.74) is 3.36. The molecular weight excluding hydrogens is 440 g/mol. The van der Waals surface area contributed by atoms with Crippen molar-refractivity contribution in [2.75, 3.05) is 20.8 Å². The van der Waals surface area contributed by atoms with E-state index in [2.05, 4.69) is 17.0 Å². The maximum atomic E-state index is 10.1. The molecule has 6 heteroatoms. The summed E-state index contributed by atoms with van der Waals surface area (Å²) in [6.07, 6.45) is 6.89. The third-order valence-electron chi connectivity index (χ3n) is 5.24. The zero-order valence-corrected chi connectivity index (χ0v) is 19.3.